The maximum Gasteiger partial charge on any atom is 0.269 e. The second-order valence-corrected chi connectivity index (χ2v) is 4.85. The number of carbonyl (C=O) groups excluding carboxylic acids is 2. The number of hydrogen-bond donors (Lipinski definition) is 2. The van der Waals surface area contributed by atoms with Crippen LogP contribution in [0, 0.1) is 10.1 Å². The van der Waals surface area contributed by atoms with Crippen molar-refractivity contribution >= 4 is 28.9 Å². The van der Waals surface area contributed by atoms with E-state index >= 15 is 0 Å². The molecule has 7 heteroatoms. The first-order valence-electron chi connectivity index (χ1n) is 6.51. The van der Waals surface area contributed by atoms with Gasteiger partial charge in [-0.3, -0.25) is 19.7 Å². The lowest BCUT2D eigenvalue weighted by molar-refractivity contribution is -0.384. The summed E-state index contributed by atoms with van der Waals surface area (Å²) in [4.78, 5) is 33.4. The number of nitro benzene ring substituents is 1. The van der Waals surface area contributed by atoms with Gasteiger partial charge in [-0.1, -0.05) is 0 Å². The molecule has 2 N–H and O–H groups in total. The Morgan fingerprint density at radius 2 is 1.91 bits per heavy atom. The molecule has 110 valence electrons. The topological polar surface area (TPSA) is 101 Å². The van der Waals surface area contributed by atoms with Crippen molar-refractivity contribution in [1.29, 1.82) is 0 Å². The van der Waals surface area contributed by atoms with Gasteiger partial charge >= 0.3 is 0 Å². The summed E-state index contributed by atoms with van der Waals surface area (Å²) in [7, 11) is 0. The first-order valence-corrected chi connectivity index (χ1v) is 6.51. The number of nitrogens with one attached hydrogen (secondary N) is 2. The van der Waals surface area contributed by atoms with Gasteiger partial charge in [-0.2, -0.15) is 0 Å². The van der Waals surface area contributed by atoms with E-state index in [9.17, 15) is 19.7 Å². The number of hydrogen-bond acceptors (Lipinski definition) is 4. The van der Waals surface area contributed by atoms with Gasteiger partial charge in [0.25, 0.3) is 11.6 Å². The summed E-state index contributed by atoms with van der Waals surface area (Å²) < 4.78 is 0. The zero-order chi connectivity index (χ0) is 15.7. The van der Waals surface area contributed by atoms with Crippen LogP contribution in [0.4, 0.5) is 17.1 Å². The Kier molecular flexibility index (Phi) is 3.30. The predicted molar refractivity (Wildman–Crippen MR) is 79.8 cm³/mol. The Hall–Kier alpha value is -3.22. The SMILES string of the molecule is O=C1Cc2cc(NC(=O)c3ccc([N+](=O)[O-])cc3)ccc2N1. The molecule has 0 fully saturated rings. The molecule has 0 spiro atoms. The van der Waals surface area contributed by atoms with Crippen molar-refractivity contribution in [1.82, 2.24) is 0 Å². The Bertz CT molecular complexity index is 784. The molecular weight excluding hydrogens is 286 g/mol. The minimum absolute atomic E-state index is 0.0707. The van der Waals surface area contributed by atoms with Crippen LogP contribution in [-0.4, -0.2) is 16.7 Å². The summed E-state index contributed by atoms with van der Waals surface area (Å²) in [6, 6.07) is 10.5. The van der Waals surface area contributed by atoms with Crippen LogP contribution in [0.3, 0.4) is 0 Å². The number of nitrogens with zero attached hydrogens (tertiary/aromatic N) is 1. The van der Waals surface area contributed by atoms with E-state index < -0.39 is 4.92 Å². The molecule has 0 saturated heterocycles. The number of anilines is 2. The van der Waals surface area contributed by atoms with Crippen molar-refractivity contribution in [2.75, 3.05) is 10.6 Å². The molecule has 3 rings (SSSR count). The van der Waals surface area contributed by atoms with Crippen molar-refractivity contribution < 1.29 is 14.5 Å². The molecule has 2 aromatic rings. The number of rotatable bonds is 3. The van der Waals surface area contributed by atoms with Gasteiger partial charge in [0.05, 0.1) is 11.3 Å². The molecular formula is C15H11N3O4. The van der Waals surface area contributed by atoms with Crippen molar-refractivity contribution in [3.63, 3.8) is 0 Å². The van der Waals surface area contributed by atoms with Gasteiger partial charge in [0, 0.05) is 29.1 Å². The molecule has 0 aliphatic carbocycles. The number of fused-ring (bicyclic) bond motifs is 1. The molecule has 2 amide bonds. The average molecular weight is 297 g/mol. The number of amides is 2. The van der Waals surface area contributed by atoms with Crippen LogP contribution < -0.4 is 10.6 Å². The fraction of sp³-hybridized carbons (Fsp3) is 0.0667. The summed E-state index contributed by atoms with van der Waals surface area (Å²) >= 11 is 0. The first kappa shape index (κ1) is 13.7. The highest BCUT2D eigenvalue weighted by Gasteiger charge is 2.18. The van der Waals surface area contributed by atoms with Crippen molar-refractivity contribution in [3.8, 4) is 0 Å². The van der Waals surface area contributed by atoms with Gasteiger partial charge in [-0.15, -0.1) is 0 Å². The molecule has 2 aromatic carbocycles. The van der Waals surface area contributed by atoms with E-state index in [-0.39, 0.29) is 23.9 Å². The van der Waals surface area contributed by atoms with Gasteiger partial charge in [0.1, 0.15) is 0 Å². The average Bonchev–Trinajstić information content (AvgIpc) is 2.86. The minimum atomic E-state index is -0.522. The third-order valence-corrected chi connectivity index (χ3v) is 3.33. The van der Waals surface area contributed by atoms with E-state index in [2.05, 4.69) is 10.6 Å². The number of nitro groups is 1. The quantitative estimate of drug-likeness (QED) is 0.670. The van der Waals surface area contributed by atoms with Crippen molar-refractivity contribution in [2.24, 2.45) is 0 Å². The Morgan fingerprint density at radius 3 is 2.59 bits per heavy atom. The molecule has 1 aliphatic rings. The molecule has 1 heterocycles. The zero-order valence-corrected chi connectivity index (χ0v) is 11.3. The van der Waals surface area contributed by atoms with Crippen LogP contribution in [0.2, 0.25) is 0 Å². The molecule has 0 atom stereocenters. The summed E-state index contributed by atoms with van der Waals surface area (Å²) in [5.74, 6) is -0.444. The van der Waals surface area contributed by atoms with Crippen LogP contribution in [0.15, 0.2) is 42.5 Å². The summed E-state index contributed by atoms with van der Waals surface area (Å²) in [6.45, 7) is 0. The minimum Gasteiger partial charge on any atom is -0.326 e. The summed E-state index contributed by atoms with van der Waals surface area (Å²) in [6.07, 6.45) is 0.288. The lowest BCUT2D eigenvalue weighted by Crippen LogP contribution is -2.11. The molecule has 22 heavy (non-hydrogen) atoms. The number of non-ortho nitro benzene ring substituents is 1. The highest BCUT2D eigenvalue weighted by Crippen LogP contribution is 2.26. The van der Waals surface area contributed by atoms with E-state index in [0.717, 1.165) is 11.3 Å². The van der Waals surface area contributed by atoms with Gasteiger partial charge in [0.2, 0.25) is 5.91 Å². The van der Waals surface area contributed by atoms with E-state index in [1.807, 2.05) is 0 Å². The van der Waals surface area contributed by atoms with Crippen LogP contribution in [-0.2, 0) is 11.2 Å². The third kappa shape index (κ3) is 2.64. The normalized spacial score (nSPS) is 12.5. The first-order chi connectivity index (χ1) is 10.5. The van der Waals surface area contributed by atoms with Crippen LogP contribution in [0.1, 0.15) is 15.9 Å². The van der Waals surface area contributed by atoms with Gasteiger partial charge < -0.3 is 10.6 Å². The smallest absolute Gasteiger partial charge is 0.269 e. The fourth-order valence-electron chi connectivity index (χ4n) is 2.24. The predicted octanol–water partition coefficient (Wildman–Crippen LogP) is 2.34. The fourth-order valence-corrected chi connectivity index (χ4v) is 2.24. The number of carbonyl (C=O) groups is 2. The van der Waals surface area contributed by atoms with Crippen LogP contribution >= 0.6 is 0 Å². The summed E-state index contributed by atoms with van der Waals surface area (Å²) in [5, 5.41) is 16.0. The Morgan fingerprint density at radius 1 is 1.18 bits per heavy atom. The lowest BCUT2D eigenvalue weighted by Gasteiger charge is -2.07. The second kappa shape index (κ2) is 5.28. The highest BCUT2D eigenvalue weighted by atomic mass is 16.6. The monoisotopic (exact) mass is 297 g/mol. The van der Waals surface area contributed by atoms with E-state index in [4.69, 9.17) is 0 Å². The highest BCUT2D eigenvalue weighted by molar-refractivity contribution is 6.05. The molecule has 0 unspecified atom stereocenters. The van der Waals surface area contributed by atoms with Crippen LogP contribution in [0.5, 0.6) is 0 Å². The molecule has 0 aromatic heterocycles. The standard InChI is InChI=1S/C15H11N3O4/c19-14-8-10-7-11(3-6-13(10)17-14)16-15(20)9-1-4-12(5-2-9)18(21)22/h1-7H,8H2,(H,16,20)(H,17,19). The maximum atomic E-state index is 12.1. The van der Waals surface area contributed by atoms with Crippen molar-refractivity contribution in [3.05, 3.63) is 63.7 Å². The van der Waals surface area contributed by atoms with Gasteiger partial charge in [-0.25, -0.2) is 0 Å². The lowest BCUT2D eigenvalue weighted by atomic mass is 10.1. The maximum absolute atomic E-state index is 12.1. The Balaban J connectivity index is 1.76. The largest absolute Gasteiger partial charge is 0.326 e. The van der Waals surface area contributed by atoms with E-state index in [1.165, 1.54) is 24.3 Å². The van der Waals surface area contributed by atoms with Gasteiger partial charge in [-0.05, 0) is 35.9 Å². The van der Waals surface area contributed by atoms with E-state index in [0.29, 0.717) is 11.3 Å². The Labute approximate surface area is 125 Å². The second-order valence-electron chi connectivity index (χ2n) is 4.85. The zero-order valence-electron chi connectivity index (χ0n) is 11.3. The molecule has 0 saturated carbocycles. The molecule has 7 nitrogen and oxygen atoms in total. The number of benzene rings is 2. The van der Waals surface area contributed by atoms with Gasteiger partial charge in [0.15, 0.2) is 0 Å². The summed E-state index contributed by atoms with van der Waals surface area (Å²) in [5.41, 5.74) is 2.39. The molecule has 0 radical (unpaired) electrons. The third-order valence-electron chi connectivity index (χ3n) is 3.33. The van der Waals surface area contributed by atoms with E-state index in [1.54, 1.807) is 18.2 Å². The molecule has 1 aliphatic heterocycles. The molecule has 0 bridgehead atoms. The van der Waals surface area contributed by atoms with Crippen LogP contribution in [0.25, 0.3) is 0 Å². The van der Waals surface area contributed by atoms with Crippen molar-refractivity contribution in [2.45, 2.75) is 6.42 Å².